The first-order valence-corrected chi connectivity index (χ1v) is 4.59. The molecular weight excluding hydrogens is 194 g/mol. The van der Waals surface area contributed by atoms with Crippen LogP contribution >= 0.6 is 0 Å². The van der Waals surface area contributed by atoms with E-state index in [1.54, 1.807) is 18.3 Å². The van der Waals surface area contributed by atoms with E-state index in [4.69, 9.17) is 5.73 Å². The van der Waals surface area contributed by atoms with E-state index < -0.39 is 4.92 Å². The Balaban J connectivity index is 2.84. The summed E-state index contributed by atoms with van der Waals surface area (Å²) in [6.45, 7) is 2.74. The van der Waals surface area contributed by atoms with E-state index in [1.165, 1.54) is 12.1 Å². The number of non-ortho nitro benzene ring substituents is 1. The van der Waals surface area contributed by atoms with Crippen molar-refractivity contribution in [2.45, 2.75) is 6.92 Å². The first-order valence-electron chi connectivity index (χ1n) is 4.59. The second kappa shape index (κ2) is 4.99. The van der Waals surface area contributed by atoms with Gasteiger partial charge in [-0.25, -0.2) is 0 Å². The largest absolute Gasteiger partial charge is 0.397 e. The minimum Gasteiger partial charge on any atom is -0.397 e. The van der Waals surface area contributed by atoms with Crippen LogP contribution in [0, 0.1) is 10.1 Å². The molecule has 15 heavy (non-hydrogen) atoms. The Labute approximate surface area is 87.7 Å². The second-order valence-electron chi connectivity index (χ2n) is 2.96. The molecule has 0 saturated heterocycles. The first kappa shape index (κ1) is 11.0. The van der Waals surface area contributed by atoms with Crippen LogP contribution in [0.2, 0.25) is 0 Å². The maximum absolute atomic E-state index is 10.4. The Morgan fingerprint density at radius 2 is 2.13 bits per heavy atom. The number of nitrogens with zero attached hydrogens (tertiary/aromatic N) is 1. The third-order valence-electron chi connectivity index (χ3n) is 1.87. The fourth-order valence-electron chi connectivity index (χ4n) is 1.07. The molecule has 0 aromatic heterocycles. The molecule has 1 aromatic rings. The molecule has 0 fully saturated rings. The molecule has 0 saturated carbocycles. The van der Waals surface area contributed by atoms with Crippen molar-refractivity contribution in [3.63, 3.8) is 0 Å². The lowest BCUT2D eigenvalue weighted by atomic mass is 10.1. The van der Waals surface area contributed by atoms with Gasteiger partial charge in [-0.3, -0.25) is 10.1 Å². The number of hydrogen-bond donors (Lipinski definition) is 2. The van der Waals surface area contributed by atoms with Crippen LogP contribution in [0.3, 0.4) is 0 Å². The number of rotatable bonds is 4. The predicted octanol–water partition coefficient (Wildman–Crippen LogP) is 1.46. The van der Waals surface area contributed by atoms with Gasteiger partial charge in [0.2, 0.25) is 0 Å². The summed E-state index contributed by atoms with van der Waals surface area (Å²) in [7, 11) is 0. The van der Waals surface area contributed by atoms with Crippen LogP contribution in [0.4, 0.5) is 5.69 Å². The first-order chi connectivity index (χ1) is 7.15. The van der Waals surface area contributed by atoms with Gasteiger partial charge in [0, 0.05) is 24.9 Å². The normalized spacial score (nSPS) is 11.1. The molecular formula is C10H13N3O2. The van der Waals surface area contributed by atoms with E-state index >= 15 is 0 Å². The van der Waals surface area contributed by atoms with Gasteiger partial charge in [-0.1, -0.05) is 0 Å². The number of nitro groups is 1. The highest BCUT2D eigenvalue weighted by atomic mass is 16.6. The fraction of sp³-hybridized carbons (Fsp3) is 0.200. The Bertz CT molecular complexity index is 371. The standard InChI is InChI=1S/C10H13N3O2/c1-2-12-7-10(11)8-3-5-9(6-4-8)13(14)15/h3-7,12H,2,11H2,1H3/b10-7-. The number of benzene rings is 1. The summed E-state index contributed by atoms with van der Waals surface area (Å²) in [5.41, 5.74) is 7.13. The van der Waals surface area contributed by atoms with Gasteiger partial charge in [0.15, 0.2) is 0 Å². The molecule has 80 valence electrons. The van der Waals surface area contributed by atoms with E-state index in [0.29, 0.717) is 5.70 Å². The zero-order chi connectivity index (χ0) is 11.3. The van der Waals surface area contributed by atoms with Crippen LogP contribution in [0.5, 0.6) is 0 Å². The lowest BCUT2D eigenvalue weighted by Crippen LogP contribution is -2.07. The summed E-state index contributed by atoms with van der Waals surface area (Å²) in [5, 5.41) is 13.4. The molecule has 0 aliphatic heterocycles. The van der Waals surface area contributed by atoms with Crippen LogP contribution in [-0.4, -0.2) is 11.5 Å². The molecule has 0 heterocycles. The van der Waals surface area contributed by atoms with Gasteiger partial charge in [0.05, 0.1) is 10.6 Å². The van der Waals surface area contributed by atoms with E-state index in [0.717, 1.165) is 12.1 Å². The van der Waals surface area contributed by atoms with Crippen molar-refractivity contribution in [1.29, 1.82) is 0 Å². The molecule has 5 heteroatoms. The van der Waals surface area contributed by atoms with Crippen molar-refractivity contribution in [3.8, 4) is 0 Å². The predicted molar refractivity (Wildman–Crippen MR) is 58.9 cm³/mol. The smallest absolute Gasteiger partial charge is 0.269 e. The van der Waals surface area contributed by atoms with Crippen LogP contribution in [-0.2, 0) is 0 Å². The molecule has 1 aromatic carbocycles. The van der Waals surface area contributed by atoms with Crippen LogP contribution in [0.1, 0.15) is 12.5 Å². The van der Waals surface area contributed by atoms with Gasteiger partial charge in [0.1, 0.15) is 0 Å². The minimum atomic E-state index is -0.437. The van der Waals surface area contributed by atoms with Crippen LogP contribution in [0.25, 0.3) is 5.70 Å². The Hall–Kier alpha value is -2.04. The second-order valence-corrected chi connectivity index (χ2v) is 2.96. The van der Waals surface area contributed by atoms with E-state index in [1.807, 2.05) is 6.92 Å². The molecule has 5 nitrogen and oxygen atoms in total. The highest BCUT2D eigenvalue weighted by Gasteiger charge is 2.04. The molecule has 0 aliphatic carbocycles. The van der Waals surface area contributed by atoms with Gasteiger partial charge in [-0.05, 0) is 24.6 Å². The average molecular weight is 207 g/mol. The van der Waals surface area contributed by atoms with E-state index in [-0.39, 0.29) is 5.69 Å². The van der Waals surface area contributed by atoms with Gasteiger partial charge < -0.3 is 11.1 Å². The van der Waals surface area contributed by atoms with E-state index in [2.05, 4.69) is 5.32 Å². The monoisotopic (exact) mass is 207 g/mol. The highest BCUT2D eigenvalue weighted by Crippen LogP contribution is 2.14. The molecule has 0 amide bonds. The maximum atomic E-state index is 10.4. The van der Waals surface area contributed by atoms with Crippen LogP contribution in [0.15, 0.2) is 30.5 Å². The summed E-state index contributed by atoms with van der Waals surface area (Å²) in [4.78, 5) is 9.96. The van der Waals surface area contributed by atoms with Gasteiger partial charge in [-0.15, -0.1) is 0 Å². The Morgan fingerprint density at radius 1 is 1.53 bits per heavy atom. The number of nitro benzene ring substituents is 1. The Morgan fingerprint density at radius 3 is 2.60 bits per heavy atom. The molecule has 0 unspecified atom stereocenters. The zero-order valence-electron chi connectivity index (χ0n) is 8.43. The molecule has 0 aliphatic rings. The van der Waals surface area contributed by atoms with Gasteiger partial charge in [0.25, 0.3) is 5.69 Å². The van der Waals surface area contributed by atoms with Crippen molar-refractivity contribution in [3.05, 3.63) is 46.1 Å². The maximum Gasteiger partial charge on any atom is 0.269 e. The number of hydrogen-bond acceptors (Lipinski definition) is 4. The molecule has 0 spiro atoms. The highest BCUT2D eigenvalue weighted by molar-refractivity contribution is 5.63. The lowest BCUT2D eigenvalue weighted by Gasteiger charge is -2.01. The summed E-state index contributed by atoms with van der Waals surface area (Å²) < 4.78 is 0. The van der Waals surface area contributed by atoms with E-state index in [9.17, 15) is 10.1 Å². The summed E-state index contributed by atoms with van der Waals surface area (Å²) in [5.74, 6) is 0. The molecule has 0 bridgehead atoms. The molecule has 0 radical (unpaired) electrons. The van der Waals surface area contributed by atoms with Gasteiger partial charge in [-0.2, -0.15) is 0 Å². The third-order valence-corrected chi connectivity index (χ3v) is 1.87. The Kier molecular flexibility index (Phi) is 3.68. The summed E-state index contributed by atoms with van der Waals surface area (Å²) in [6, 6.07) is 6.12. The summed E-state index contributed by atoms with van der Waals surface area (Å²) >= 11 is 0. The van der Waals surface area contributed by atoms with Crippen molar-refractivity contribution in [2.24, 2.45) is 5.73 Å². The van der Waals surface area contributed by atoms with Crippen LogP contribution < -0.4 is 11.1 Å². The zero-order valence-corrected chi connectivity index (χ0v) is 8.43. The van der Waals surface area contributed by atoms with Crippen molar-refractivity contribution in [1.82, 2.24) is 5.32 Å². The van der Waals surface area contributed by atoms with Crippen molar-refractivity contribution in [2.75, 3.05) is 6.54 Å². The number of nitrogens with one attached hydrogen (secondary N) is 1. The number of nitrogens with two attached hydrogens (primary N) is 1. The topological polar surface area (TPSA) is 81.2 Å². The third kappa shape index (κ3) is 2.98. The van der Waals surface area contributed by atoms with Crippen molar-refractivity contribution >= 4 is 11.4 Å². The SMILES string of the molecule is CCN/C=C(\N)c1ccc([N+](=O)[O-])cc1. The lowest BCUT2D eigenvalue weighted by molar-refractivity contribution is -0.384. The van der Waals surface area contributed by atoms with Gasteiger partial charge >= 0.3 is 0 Å². The molecule has 1 rings (SSSR count). The minimum absolute atomic E-state index is 0.0648. The quantitative estimate of drug-likeness (QED) is 0.578. The molecule has 0 atom stereocenters. The molecule has 3 N–H and O–H groups in total. The van der Waals surface area contributed by atoms with Crippen molar-refractivity contribution < 1.29 is 4.92 Å². The fourth-order valence-corrected chi connectivity index (χ4v) is 1.07. The average Bonchev–Trinajstić information content (AvgIpc) is 2.26. The summed E-state index contributed by atoms with van der Waals surface area (Å²) in [6.07, 6.45) is 1.68.